The molecule has 1 aromatic rings. The highest BCUT2D eigenvalue weighted by Crippen LogP contribution is 2.39. The second kappa shape index (κ2) is 4.43. The summed E-state index contributed by atoms with van der Waals surface area (Å²) in [6, 6.07) is 3.87. The molecule has 0 saturated heterocycles. The first-order valence-electron chi connectivity index (χ1n) is 6.37. The van der Waals surface area contributed by atoms with Crippen molar-refractivity contribution in [1.29, 1.82) is 0 Å². The maximum atomic E-state index is 10.6. The van der Waals surface area contributed by atoms with Gasteiger partial charge in [0.2, 0.25) is 0 Å². The Morgan fingerprint density at radius 3 is 2.56 bits per heavy atom. The van der Waals surface area contributed by atoms with Crippen LogP contribution in [0.15, 0.2) is 12.1 Å². The molecule has 1 aliphatic rings. The van der Waals surface area contributed by atoms with Crippen LogP contribution in [0, 0.1) is 5.41 Å². The van der Waals surface area contributed by atoms with Crippen molar-refractivity contribution in [2.75, 3.05) is 6.61 Å². The van der Waals surface area contributed by atoms with Crippen LogP contribution in [-0.4, -0.2) is 17.3 Å². The highest BCUT2D eigenvalue weighted by atomic mass is 35.5. The molecule has 3 heteroatoms. The van der Waals surface area contributed by atoms with E-state index in [1.165, 1.54) is 0 Å². The summed E-state index contributed by atoms with van der Waals surface area (Å²) in [5, 5.41) is 11.3. The Kier molecular flexibility index (Phi) is 3.37. The van der Waals surface area contributed by atoms with Gasteiger partial charge >= 0.3 is 0 Å². The zero-order chi connectivity index (χ0) is 13.6. The van der Waals surface area contributed by atoms with Crippen molar-refractivity contribution in [2.24, 2.45) is 5.41 Å². The molecule has 0 radical (unpaired) electrons. The average Bonchev–Trinajstić information content (AvgIpc) is 2.62. The van der Waals surface area contributed by atoms with Crippen molar-refractivity contribution >= 4 is 11.6 Å². The van der Waals surface area contributed by atoms with Gasteiger partial charge in [0, 0.05) is 17.9 Å². The van der Waals surface area contributed by atoms with E-state index < -0.39 is 5.60 Å². The highest BCUT2D eigenvalue weighted by molar-refractivity contribution is 6.30. The third-order valence-corrected chi connectivity index (χ3v) is 4.19. The summed E-state index contributed by atoms with van der Waals surface area (Å²) < 4.78 is 5.67. The second-order valence-electron chi connectivity index (χ2n) is 6.35. The number of benzene rings is 1. The van der Waals surface area contributed by atoms with Crippen LogP contribution in [0.4, 0.5) is 0 Å². The van der Waals surface area contributed by atoms with Crippen LogP contribution in [0.25, 0.3) is 0 Å². The molecule has 2 rings (SSSR count). The molecule has 0 bridgehead atoms. The van der Waals surface area contributed by atoms with Gasteiger partial charge < -0.3 is 9.84 Å². The van der Waals surface area contributed by atoms with Gasteiger partial charge in [-0.15, -0.1) is 0 Å². The zero-order valence-electron chi connectivity index (χ0n) is 11.5. The minimum Gasteiger partial charge on any atom is -0.493 e. The van der Waals surface area contributed by atoms with Crippen LogP contribution < -0.4 is 4.74 Å². The molecule has 100 valence electrons. The maximum absolute atomic E-state index is 10.6. The van der Waals surface area contributed by atoms with Crippen LogP contribution in [0.1, 0.15) is 38.8 Å². The standard InChI is InChI=1S/C15H21ClO2/c1-14(2,3)15(4,17)9-11-8-12(16)7-10-5-6-18-13(10)11/h7-8,17H,5-6,9H2,1-4H3. The molecule has 0 aliphatic carbocycles. The lowest BCUT2D eigenvalue weighted by Gasteiger charge is -2.37. The van der Waals surface area contributed by atoms with E-state index in [1.54, 1.807) is 0 Å². The predicted octanol–water partition coefficient (Wildman–Crippen LogP) is 3.61. The molecular weight excluding hydrogens is 248 g/mol. The molecule has 1 heterocycles. The minimum absolute atomic E-state index is 0.194. The van der Waals surface area contributed by atoms with Gasteiger partial charge in [-0.05, 0) is 35.6 Å². The highest BCUT2D eigenvalue weighted by Gasteiger charge is 2.36. The Hall–Kier alpha value is -0.730. The summed E-state index contributed by atoms with van der Waals surface area (Å²) in [6.45, 7) is 8.70. The van der Waals surface area contributed by atoms with E-state index in [9.17, 15) is 5.11 Å². The van der Waals surface area contributed by atoms with Gasteiger partial charge in [-0.25, -0.2) is 0 Å². The fourth-order valence-corrected chi connectivity index (χ4v) is 2.38. The molecular formula is C15H21ClO2. The largest absolute Gasteiger partial charge is 0.493 e. The average molecular weight is 269 g/mol. The molecule has 0 fully saturated rings. The van der Waals surface area contributed by atoms with Gasteiger partial charge in [0.25, 0.3) is 0 Å². The minimum atomic E-state index is -0.794. The fourth-order valence-electron chi connectivity index (χ4n) is 2.11. The first kappa shape index (κ1) is 13.7. The lowest BCUT2D eigenvalue weighted by molar-refractivity contribution is -0.0408. The van der Waals surface area contributed by atoms with E-state index in [2.05, 4.69) is 0 Å². The van der Waals surface area contributed by atoms with Crippen molar-refractivity contribution in [1.82, 2.24) is 0 Å². The first-order valence-corrected chi connectivity index (χ1v) is 6.75. The molecule has 1 unspecified atom stereocenters. The molecule has 1 N–H and O–H groups in total. The quantitative estimate of drug-likeness (QED) is 0.888. The van der Waals surface area contributed by atoms with Crippen molar-refractivity contribution in [3.05, 3.63) is 28.3 Å². The maximum Gasteiger partial charge on any atom is 0.126 e. The number of aliphatic hydroxyl groups is 1. The van der Waals surface area contributed by atoms with Crippen LogP contribution in [0.2, 0.25) is 5.02 Å². The summed E-state index contributed by atoms with van der Waals surface area (Å²) in [4.78, 5) is 0. The van der Waals surface area contributed by atoms with E-state index >= 15 is 0 Å². The topological polar surface area (TPSA) is 29.5 Å². The summed E-state index contributed by atoms with van der Waals surface area (Å²) >= 11 is 6.13. The van der Waals surface area contributed by atoms with Crippen molar-refractivity contribution in [2.45, 2.75) is 46.1 Å². The summed E-state index contributed by atoms with van der Waals surface area (Å²) in [5.74, 6) is 0.920. The Labute approximate surface area is 114 Å². The third-order valence-electron chi connectivity index (χ3n) is 3.98. The number of hydrogen-bond acceptors (Lipinski definition) is 2. The van der Waals surface area contributed by atoms with Gasteiger partial charge in [-0.3, -0.25) is 0 Å². The molecule has 1 aromatic carbocycles. The van der Waals surface area contributed by atoms with Crippen molar-refractivity contribution in [3.8, 4) is 5.75 Å². The van der Waals surface area contributed by atoms with E-state index in [-0.39, 0.29) is 5.41 Å². The zero-order valence-corrected chi connectivity index (χ0v) is 12.3. The summed E-state index contributed by atoms with van der Waals surface area (Å²) in [6.07, 6.45) is 1.46. The van der Waals surface area contributed by atoms with Crippen LogP contribution in [0.3, 0.4) is 0 Å². The molecule has 0 spiro atoms. The first-order chi connectivity index (χ1) is 8.21. The van der Waals surface area contributed by atoms with Crippen LogP contribution >= 0.6 is 11.6 Å². The van der Waals surface area contributed by atoms with Gasteiger partial charge in [0.05, 0.1) is 12.2 Å². The molecule has 0 saturated carbocycles. The molecule has 18 heavy (non-hydrogen) atoms. The van der Waals surface area contributed by atoms with E-state index in [0.29, 0.717) is 13.0 Å². The Morgan fingerprint density at radius 1 is 1.28 bits per heavy atom. The fraction of sp³-hybridized carbons (Fsp3) is 0.600. The lowest BCUT2D eigenvalue weighted by atomic mass is 9.74. The van der Waals surface area contributed by atoms with E-state index in [0.717, 1.165) is 28.3 Å². The SMILES string of the molecule is CC(C)(C)C(C)(O)Cc1cc(Cl)cc2c1OCC2. The van der Waals surface area contributed by atoms with Gasteiger partial charge in [-0.1, -0.05) is 32.4 Å². The van der Waals surface area contributed by atoms with E-state index in [4.69, 9.17) is 16.3 Å². The lowest BCUT2D eigenvalue weighted by Crippen LogP contribution is -2.41. The van der Waals surface area contributed by atoms with E-state index in [1.807, 2.05) is 39.8 Å². The number of rotatable bonds is 2. The van der Waals surface area contributed by atoms with Gasteiger partial charge in [0.15, 0.2) is 0 Å². The predicted molar refractivity (Wildman–Crippen MR) is 74.4 cm³/mol. The Morgan fingerprint density at radius 2 is 1.94 bits per heavy atom. The molecule has 0 amide bonds. The Bertz CT molecular complexity index is 458. The van der Waals surface area contributed by atoms with Crippen molar-refractivity contribution < 1.29 is 9.84 Å². The third kappa shape index (κ3) is 2.50. The van der Waals surface area contributed by atoms with Gasteiger partial charge in [-0.2, -0.15) is 0 Å². The smallest absolute Gasteiger partial charge is 0.126 e. The number of fused-ring (bicyclic) bond motifs is 1. The Balaban J connectivity index is 2.36. The monoisotopic (exact) mass is 268 g/mol. The molecule has 1 aliphatic heterocycles. The van der Waals surface area contributed by atoms with Crippen LogP contribution in [0.5, 0.6) is 5.75 Å². The van der Waals surface area contributed by atoms with Crippen molar-refractivity contribution in [3.63, 3.8) is 0 Å². The number of hydrogen-bond donors (Lipinski definition) is 1. The number of halogens is 1. The number of ether oxygens (including phenoxy) is 1. The molecule has 2 nitrogen and oxygen atoms in total. The second-order valence-corrected chi connectivity index (χ2v) is 6.79. The summed E-state index contributed by atoms with van der Waals surface area (Å²) in [5.41, 5.74) is 1.18. The normalized spacial score (nSPS) is 18.1. The van der Waals surface area contributed by atoms with Crippen LogP contribution in [-0.2, 0) is 12.8 Å². The molecule has 1 atom stereocenters. The van der Waals surface area contributed by atoms with Gasteiger partial charge in [0.1, 0.15) is 5.75 Å². The molecule has 0 aromatic heterocycles. The summed E-state index contributed by atoms with van der Waals surface area (Å²) in [7, 11) is 0.